The summed E-state index contributed by atoms with van der Waals surface area (Å²) >= 11 is 5.69. The summed E-state index contributed by atoms with van der Waals surface area (Å²) in [5.74, 6) is 0. The van der Waals surface area contributed by atoms with Gasteiger partial charge in [0.15, 0.2) is 4.87 Å². The quantitative estimate of drug-likeness (QED) is 0.556. The van der Waals surface area contributed by atoms with Crippen LogP contribution in [0.5, 0.6) is 0 Å². The van der Waals surface area contributed by atoms with Crippen molar-refractivity contribution in [3.05, 3.63) is 0 Å². The number of ether oxygens (including phenoxy) is 1. The van der Waals surface area contributed by atoms with Crippen molar-refractivity contribution in [1.29, 1.82) is 5.26 Å². The third kappa shape index (κ3) is 2.21. The Bertz CT molecular complexity index is 128. The third-order valence-electron chi connectivity index (χ3n) is 1.34. The van der Waals surface area contributed by atoms with Crippen LogP contribution in [0.3, 0.4) is 0 Å². The molecule has 9 heavy (non-hydrogen) atoms. The van der Waals surface area contributed by atoms with E-state index in [-0.39, 0.29) is 6.10 Å². The summed E-state index contributed by atoms with van der Waals surface area (Å²) in [7, 11) is 1.53. The van der Waals surface area contributed by atoms with Crippen molar-refractivity contribution in [2.45, 2.75) is 24.8 Å². The van der Waals surface area contributed by atoms with Gasteiger partial charge in [-0.3, -0.25) is 0 Å². The predicted molar refractivity (Wildman–Crippen MR) is 36.3 cm³/mol. The van der Waals surface area contributed by atoms with Crippen LogP contribution in [-0.2, 0) is 4.74 Å². The molecule has 0 aromatic heterocycles. The van der Waals surface area contributed by atoms with Crippen molar-refractivity contribution in [3.63, 3.8) is 0 Å². The lowest BCUT2D eigenvalue weighted by Crippen LogP contribution is -2.30. The fraction of sp³-hybridized carbons (Fsp3) is 0.833. The Labute approximate surface area is 60.4 Å². The van der Waals surface area contributed by atoms with Crippen LogP contribution in [0.15, 0.2) is 0 Å². The maximum Gasteiger partial charge on any atom is 0.153 e. The third-order valence-corrected chi connectivity index (χ3v) is 1.73. The summed E-state index contributed by atoms with van der Waals surface area (Å²) < 4.78 is 4.85. The summed E-state index contributed by atoms with van der Waals surface area (Å²) in [6, 6.07) is 1.93. The molecule has 2 atom stereocenters. The van der Waals surface area contributed by atoms with Crippen molar-refractivity contribution >= 4 is 11.6 Å². The second-order valence-electron chi connectivity index (χ2n) is 2.07. The minimum atomic E-state index is -0.894. The van der Waals surface area contributed by atoms with Crippen molar-refractivity contribution in [3.8, 4) is 6.07 Å². The highest BCUT2D eigenvalue weighted by Crippen LogP contribution is 2.19. The van der Waals surface area contributed by atoms with Gasteiger partial charge in [-0.2, -0.15) is 5.26 Å². The van der Waals surface area contributed by atoms with Crippen LogP contribution in [0.4, 0.5) is 0 Å². The standard InChI is InChI=1S/C6H10ClNO/c1-5(9-3)6(2,7)4-8/h5H,1-3H3. The number of alkyl halides is 1. The van der Waals surface area contributed by atoms with E-state index in [1.807, 2.05) is 6.07 Å². The molecule has 0 aliphatic heterocycles. The number of hydrogen-bond donors (Lipinski definition) is 0. The molecule has 0 fully saturated rings. The Morgan fingerprint density at radius 1 is 1.78 bits per heavy atom. The Morgan fingerprint density at radius 3 is 2.33 bits per heavy atom. The minimum Gasteiger partial charge on any atom is -0.379 e. The van der Waals surface area contributed by atoms with E-state index < -0.39 is 4.87 Å². The maximum absolute atomic E-state index is 8.43. The molecular formula is C6H10ClNO. The molecule has 0 heterocycles. The molecule has 2 nitrogen and oxygen atoms in total. The van der Waals surface area contributed by atoms with Gasteiger partial charge < -0.3 is 4.74 Å². The largest absolute Gasteiger partial charge is 0.379 e. The fourth-order valence-corrected chi connectivity index (χ4v) is 0.401. The zero-order chi connectivity index (χ0) is 7.49. The molecule has 3 heteroatoms. The van der Waals surface area contributed by atoms with Crippen LogP contribution >= 0.6 is 11.6 Å². The first-order valence-corrected chi connectivity index (χ1v) is 3.05. The van der Waals surface area contributed by atoms with Crippen molar-refractivity contribution in [2.24, 2.45) is 0 Å². The summed E-state index contributed by atoms with van der Waals surface area (Å²) in [4.78, 5) is -0.894. The Balaban J connectivity index is 4.01. The molecule has 0 aliphatic carbocycles. The molecule has 0 rings (SSSR count). The summed E-state index contributed by atoms with van der Waals surface area (Å²) in [6.07, 6.45) is -0.232. The zero-order valence-electron chi connectivity index (χ0n) is 5.81. The summed E-state index contributed by atoms with van der Waals surface area (Å²) in [6.45, 7) is 3.39. The SMILES string of the molecule is COC(C)C(C)(Cl)C#N. The topological polar surface area (TPSA) is 33.0 Å². The highest BCUT2D eigenvalue weighted by atomic mass is 35.5. The van der Waals surface area contributed by atoms with Crippen LogP contribution < -0.4 is 0 Å². The van der Waals surface area contributed by atoms with Gasteiger partial charge in [0.05, 0.1) is 12.2 Å². The summed E-state index contributed by atoms with van der Waals surface area (Å²) in [5, 5.41) is 8.43. The van der Waals surface area contributed by atoms with Gasteiger partial charge in [0.1, 0.15) is 0 Å². The molecule has 2 unspecified atom stereocenters. The number of methoxy groups -OCH3 is 1. The van der Waals surface area contributed by atoms with Crippen LogP contribution in [0.25, 0.3) is 0 Å². The van der Waals surface area contributed by atoms with E-state index in [4.69, 9.17) is 21.6 Å². The van der Waals surface area contributed by atoms with Gasteiger partial charge in [0, 0.05) is 7.11 Å². The van der Waals surface area contributed by atoms with E-state index in [2.05, 4.69) is 0 Å². The molecule has 0 amide bonds. The molecule has 0 spiro atoms. The van der Waals surface area contributed by atoms with Gasteiger partial charge in [-0.15, -0.1) is 11.6 Å². The van der Waals surface area contributed by atoms with Crippen molar-refractivity contribution in [1.82, 2.24) is 0 Å². The average Bonchev–Trinajstić information content (AvgIpc) is 1.86. The van der Waals surface area contributed by atoms with Gasteiger partial charge in [-0.25, -0.2) is 0 Å². The lowest BCUT2D eigenvalue weighted by Gasteiger charge is -2.19. The van der Waals surface area contributed by atoms with E-state index in [1.165, 1.54) is 7.11 Å². The molecule has 52 valence electrons. The first kappa shape index (κ1) is 8.74. The number of rotatable bonds is 2. The Kier molecular flexibility index (Phi) is 2.96. The number of nitrogens with zero attached hydrogens (tertiary/aromatic N) is 1. The normalized spacial score (nSPS) is 19.9. The fourth-order valence-electron chi connectivity index (χ4n) is 0.312. The molecule has 0 radical (unpaired) electrons. The lowest BCUT2D eigenvalue weighted by molar-refractivity contribution is 0.101. The molecule has 0 aromatic carbocycles. The average molecular weight is 148 g/mol. The molecule has 0 saturated carbocycles. The van der Waals surface area contributed by atoms with Crippen LogP contribution in [-0.4, -0.2) is 18.1 Å². The first-order chi connectivity index (χ1) is 4.04. The second-order valence-corrected chi connectivity index (χ2v) is 2.85. The number of halogens is 1. The molecular weight excluding hydrogens is 138 g/mol. The van der Waals surface area contributed by atoms with Crippen LogP contribution in [0, 0.1) is 11.3 Å². The number of hydrogen-bond acceptors (Lipinski definition) is 2. The van der Waals surface area contributed by atoms with Crippen LogP contribution in [0.1, 0.15) is 13.8 Å². The Hall–Kier alpha value is -0.260. The van der Waals surface area contributed by atoms with E-state index in [1.54, 1.807) is 13.8 Å². The zero-order valence-corrected chi connectivity index (χ0v) is 6.57. The monoisotopic (exact) mass is 147 g/mol. The molecule has 0 N–H and O–H groups in total. The van der Waals surface area contributed by atoms with E-state index in [9.17, 15) is 0 Å². The Morgan fingerprint density at radius 2 is 2.22 bits per heavy atom. The first-order valence-electron chi connectivity index (χ1n) is 2.67. The van der Waals surface area contributed by atoms with Gasteiger partial charge in [0.2, 0.25) is 0 Å². The van der Waals surface area contributed by atoms with E-state index in [0.29, 0.717) is 0 Å². The highest BCUT2D eigenvalue weighted by molar-refractivity contribution is 6.26. The predicted octanol–water partition coefficient (Wildman–Crippen LogP) is 1.54. The molecule has 0 saturated heterocycles. The van der Waals surface area contributed by atoms with Gasteiger partial charge in [-0.1, -0.05) is 0 Å². The van der Waals surface area contributed by atoms with E-state index >= 15 is 0 Å². The van der Waals surface area contributed by atoms with Gasteiger partial charge >= 0.3 is 0 Å². The van der Waals surface area contributed by atoms with Crippen LogP contribution in [0.2, 0.25) is 0 Å². The highest BCUT2D eigenvalue weighted by Gasteiger charge is 2.27. The molecule has 0 aliphatic rings. The summed E-state index contributed by atoms with van der Waals surface area (Å²) in [5.41, 5.74) is 0. The second kappa shape index (κ2) is 3.05. The van der Waals surface area contributed by atoms with Gasteiger partial charge in [0.25, 0.3) is 0 Å². The minimum absolute atomic E-state index is 0.232. The maximum atomic E-state index is 8.43. The molecule has 0 bridgehead atoms. The van der Waals surface area contributed by atoms with Crippen molar-refractivity contribution < 1.29 is 4.74 Å². The van der Waals surface area contributed by atoms with E-state index in [0.717, 1.165) is 0 Å². The number of nitriles is 1. The molecule has 0 aromatic rings. The smallest absolute Gasteiger partial charge is 0.153 e. The van der Waals surface area contributed by atoms with Gasteiger partial charge in [-0.05, 0) is 13.8 Å². The lowest BCUT2D eigenvalue weighted by atomic mass is 10.1. The van der Waals surface area contributed by atoms with Crippen molar-refractivity contribution in [2.75, 3.05) is 7.11 Å².